The molecule has 0 heterocycles. The van der Waals surface area contributed by atoms with E-state index >= 15 is 0 Å². The highest BCUT2D eigenvalue weighted by Crippen LogP contribution is 2.24. The fourth-order valence-electron chi connectivity index (χ4n) is 1.87. The average molecular weight is 315 g/mol. The van der Waals surface area contributed by atoms with Gasteiger partial charge in [-0.3, -0.25) is 14.9 Å². The number of hydrogen-bond donors (Lipinski definition) is 2. The molecule has 0 aromatic heterocycles. The van der Waals surface area contributed by atoms with Crippen LogP contribution in [-0.4, -0.2) is 27.4 Å². The number of hydrogen-bond acceptors (Lipinski definition) is 4. The van der Waals surface area contributed by atoms with Gasteiger partial charge in [-0.25, -0.2) is 4.79 Å². The Balaban J connectivity index is 3.09. The summed E-state index contributed by atoms with van der Waals surface area (Å²) in [5.74, 6) is -1.82. The van der Waals surface area contributed by atoms with Gasteiger partial charge < -0.3 is 10.4 Å². The van der Waals surface area contributed by atoms with Crippen molar-refractivity contribution in [1.29, 1.82) is 0 Å². The Bertz CT molecular complexity index is 584. The number of nitrogens with one attached hydrogen (secondary N) is 1. The molecule has 0 radical (unpaired) electrons. The summed E-state index contributed by atoms with van der Waals surface area (Å²) < 4.78 is 0. The highest BCUT2D eigenvalue weighted by atomic mass is 35.5. The van der Waals surface area contributed by atoms with Gasteiger partial charge in [0.1, 0.15) is 5.54 Å². The van der Waals surface area contributed by atoms with E-state index in [-0.39, 0.29) is 29.1 Å². The van der Waals surface area contributed by atoms with Gasteiger partial charge in [-0.1, -0.05) is 25.4 Å². The van der Waals surface area contributed by atoms with Crippen molar-refractivity contribution in [3.05, 3.63) is 38.9 Å². The standard InChI is InChI=1S/C13H15ClN2O5/c1-3-13(4-2,12(18)19)15-11(17)9-6-5-8(16(20)21)7-10(9)14/h5-7H,3-4H2,1-2H3,(H,15,17)(H,18,19). The first kappa shape index (κ1) is 16.9. The summed E-state index contributed by atoms with van der Waals surface area (Å²) in [5, 5.41) is 22.2. The molecule has 8 heteroatoms. The average Bonchev–Trinajstić information content (AvgIpc) is 2.43. The number of rotatable bonds is 6. The predicted molar refractivity (Wildman–Crippen MR) is 76.5 cm³/mol. The van der Waals surface area contributed by atoms with Crippen LogP contribution >= 0.6 is 11.6 Å². The Labute approximate surface area is 126 Å². The Hall–Kier alpha value is -2.15. The second-order valence-electron chi connectivity index (χ2n) is 4.47. The lowest BCUT2D eigenvalue weighted by molar-refractivity contribution is -0.384. The number of nitro groups is 1. The molecule has 1 amide bonds. The zero-order valence-corrected chi connectivity index (χ0v) is 12.3. The van der Waals surface area contributed by atoms with Crippen LogP contribution in [0.1, 0.15) is 37.0 Å². The lowest BCUT2D eigenvalue weighted by Crippen LogP contribution is -2.53. The Morgan fingerprint density at radius 2 is 1.95 bits per heavy atom. The van der Waals surface area contributed by atoms with Crippen molar-refractivity contribution in [2.24, 2.45) is 0 Å². The van der Waals surface area contributed by atoms with Crippen LogP contribution < -0.4 is 5.32 Å². The molecule has 2 N–H and O–H groups in total. The second kappa shape index (κ2) is 6.53. The zero-order chi connectivity index (χ0) is 16.2. The molecule has 21 heavy (non-hydrogen) atoms. The smallest absolute Gasteiger partial charge is 0.329 e. The van der Waals surface area contributed by atoms with Crippen molar-refractivity contribution in [2.45, 2.75) is 32.2 Å². The molecule has 0 aliphatic rings. The molecule has 7 nitrogen and oxygen atoms in total. The molecule has 0 spiro atoms. The first-order chi connectivity index (χ1) is 9.77. The number of benzene rings is 1. The zero-order valence-electron chi connectivity index (χ0n) is 11.6. The monoisotopic (exact) mass is 314 g/mol. The predicted octanol–water partition coefficient (Wildman–Crippen LogP) is 2.62. The van der Waals surface area contributed by atoms with E-state index < -0.39 is 22.3 Å². The van der Waals surface area contributed by atoms with Gasteiger partial charge in [-0.05, 0) is 18.9 Å². The minimum atomic E-state index is -1.39. The third-order valence-electron chi connectivity index (χ3n) is 3.38. The number of nitrogens with zero attached hydrogens (tertiary/aromatic N) is 1. The molecule has 0 saturated carbocycles. The quantitative estimate of drug-likeness (QED) is 0.619. The SMILES string of the molecule is CCC(CC)(NC(=O)c1ccc([N+](=O)[O-])cc1Cl)C(=O)O. The molecule has 0 aliphatic heterocycles. The van der Waals surface area contributed by atoms with Crippen LogP contribution in [-0.2, 0) is 4.79 Å². The van der Waals surface area contributed by atoms with Crippen LogP contribution in [0.3, 0.4) is 0 Å². The second-order valence-corrected chi connectivity index (χ2v) is 4.88. The van der Waals surface area contributed by atoms with Crippen LogP contribution in [0.5, 0.6) is 0 Å². The summed E-state index contributed by atoms with van der Waals surface area (Å²) in [7, 11) is 0. The maximum atomic E-state index is 12.2. The van der Waals surface area contributed by atoms with Crippen LogP contribution in [0, 0.1) is 10.1 Å². The summed E-state index contributed by atoms with van der Waals surface area (Å²) in [6.45, 7) is 3.30. The Morgan fingerprint density at radius 3 is 2.33 bits per heavy atom. The topological polar surface area (TPSA) is 110 Å². The summed E-state index contributed by atoms with van der Waals surface area (Å²) >= 11 is 5.85. The largest absolute Gasteiger partial charge is 0.480 e. The molecule has 1 aromatic rings. The van der Waals surface area contributed by atoms with Crippen molar-refractivity contribution in [3.63, 3.8) is 0 Å². The molecule has 114 valence electrons. The number of halogens is 1. The number of carboxylic acid groups (broad SMARTS) is 1. The van der Waals surface area contributed by atoms with E-state index in [2.05, 4.69) is 5.32 Å². The summed E-state index contributed by atoms with van der Waals surface area (Å²) in [4.78, 5) is 33.5. The van der Waals surface area contributed by atoms with E-state index in [4.69, 9.17) is 11.6 Å². The molecule has 0 fully saturated rings. The van der Waals surface area contributed by atoms with Crippen molar-refractivity contribution >= 4 is 29.2 Å². The minimum Gasteiger partial charge on any atom is -0.480 e. The van der Waals surface area contributed by atoms with Gasteiger partial charge in [-0.2, -0.15) is 0 Å². The van der Waals surface area contributed by atoms with E-state index in [1.807, 2.05) is 0 Å². The minimum absolute atomic E-state index is 0.00482. The van der Waals surface area contributed by atoms with E-state index in [0.717, 1.165) is 12.1 Å². The third kappa shape index (κ3) is 3.49. The molecule has 1 rings (SSSR count). The van der Waals surface area contributed by atoms with Gasteiger partial charge in [0.25, 0.3) is 11.6 Å². The van der Waals surface area contributed by atoms with E-state index in [0.29, 0.717) is 0 Å². The highest BCUT2D eigenvalue weighted by Gasteiger charge is 2.37. The molecular formula is C13H15ClN2O5. The molecule has 0 bridgehead atoms. The normalized spacial score (nSPS) is 11.0. The molecular weight excluding hydrogens is 300 g/mol. The Morgan fingerprint density at radius 1 is 1.38 bits per heavy atom. The first-order valence-corrected chi connectivity index (χ1v) is 6.65. The summed E-state index contributed by atoms with van der Waals surface area (Å²) in [6.07, 6.45) is 0.407. The number of carbonyl (C=O) groups excluding carboxylic acids is 1. The van der Waals surface area contributed by atoms with Gasteiger partial charge in [-0.15, -0.1) is 0 Å². The first-order valence-electron chi connectivity index (χ1n) is 6.27. The third-order valence-corrected chi connectivity index (χ3v) is 3.69. The van der Waals surface area contributed by atoms with Crippen LogP contribution in [0.2, 0.25) is 5.02 Å². The fraction of sp³-hybridized carbons (Fsp3) is 0.385. The van der Waals surface area contributed by atoms with Crippen molar-refractivity contribution in [3.8, 4) is 0 Å². The van der Waals surface area contributed by atoms with Crippen LogP contribution in [0.15, 0.2) is 18.2 Å². The number of non-ortho nitro benzene ring substituents is 1. The van der Waals surface area contributed by atoms with Gasteiger partial charge >= 0.3 is 5.97 Å². The number of nitro benzene ring substituents is 1. The fourth-order valence-corrected chi connectivity index (χ4v) is 2.13. The number of aliphatic carboxylic acids is 1. The van der Waals surface area contributed by atoms with Gasteiger partial charge in [0.15, 0.2) is 0 Å². The van der Waals surface area contributed by atoms with Gasteiger partial charge in [0, 0.05) is 12.1 Å². The molecule has 1 aromatic carbocycles. The molecule has 0 saturated heterocycles. The van der Waals surface area contributed by atoms with E-state index in [1.54, 1.807) is 13.8 Å². The van der Waals surface area contributed by atoms with Gasteiger partial charge in [0.2, 0.25) is 0 Å². The van der Waals surface area contributed by atoms with Crippen LogP contribution in [0.4, 0.5) is 5.69 Å². The number of carbonyl (C=O) groups is 2. The molecule has 0 aliphatic carbocycles. The van der Waals surface area contributed by atoms with E-state index in [9.17, 15) is 24.8 Å². The maximum Gasteiger partial charge on any atom is 0.329 e. The van der Waals surface area contributed by atoms with Crippen molar-refractivity contribution < 1.29 is 19.6 Å². The Kier molecular flexibility index (Phi) is 5.26. The number of amides is 1. The maximum absolute atomic E-state index is 12.2. The van der Waals surface area contributed by atoms with Crippen molar-refractivity contribution in [1.82, 2.24) is 5.32 Å². The molecule has 0 atom stereocenters. The summed E-state index contributed by atoms with van der Waals surface area (Å²) in [6, 6.07) is 3.39. The molecule has 0 unspecified atom stereocenters. The number of carboxylic acids is 1. The van der Waals surface area contributed by atoms with Gasteiger partial charge in [0.05, 0.1) is 15.5 Å². The lowest BCUT2D eigenvalue weighted by atomic mass is 9.92. The summed E-state index contributed by atoms with van der Waals surface area (Å²) in [5.41, 5.74) is -1.64. The van der Waals surface area contributed by atoms with E-state index in [1.165, 1.54) is 6.07 Å². The highest BCUT2D eigenvalue weighted by molar-refractivity contribution is 6.34. The lowest BCUT2D eigenvalue weighted by Gasteiger charge is -2.28. The van der Waals surface area contributed by atoms with Crippen LogP contribution in [0.25, 0.3) is 0 Å². The van der Waals surface area contributed by atoms with Crippen molar-refractivity contribution in [2.75, 3.05) is 0 Å².